The van der Waals surface area contributed by atoms with Gasteiger partial charge in [0, 0.05) is 28.5 Å². The molecule has 0 radical (unpaired) electrons. The van der Waals surface area contributed by atoms with Gasteiger partial charge in [0.1, 0.15) is 29.4 Å². The first-order valence-electron chi connectivity index (χ1n) is 16.3. The molecule has 240 valence electrons. The van der Waals surface area contributed by atoms with Crippen molar-refractivity contribution in [3.63, 3.8) is 0 Å². The van der Waals surface area contributed by atoms with Gasteiger partial charge in [0.25, 0.3) is 0 Å². The Bertz CT molecular complexity index is 2050. The van der Waals surface area contributed by atoms with Crippen molar-refractivity contribution in [3.05, 3.63) is 161 Å². The predicted molar refractivity (Wildman–Crippen MR) is 195 cm³/mol. The smallest absolute Gasteiger partial charge is 0.201 e. The highest BCUT2D eigenvalue weighted by Gasteiger charge is 2.27. The topological polar surface area (TPSA) is 44.1 Å². The molecule has 1 aliphatic rings. The molecule has 0 amide bonds. The summed E-state index contributed by atoms with van der Waals surface area (Å²) in [6.07, 6.45) is 5.67. The molecule has 0 saturated heterocycles. The highest BCUT2D eigenvalue weighted by molar-refractivity contribution is 6.31. The molecule has 0 saturated carbocycles. The summed E-state index contributed by atoms with van der Waals surface area (Å²) in [5.74, 6) is 3.97. The zero-order valence-corrected chi connectivity index (χ0v) is 27.5. The van der Waals surface area contributed by atoms with Crippen molar-refractivity contribution in [2.24, 2.45) is 0 Å². The number of halogens is 1. The van der Waals surface area contributed by atoms with Crippen LogP contribution >= 0.6 is 11.6 Å². The fourth-order valence-electron chi connectivity index (χ4n) is 5.90. The van der Waals surface area contributed by atoms with E-state index in [1.54, 1.807) is 0 Å². The lowest BCUT2D eigenvalue weighted by Crippen LogP contribution is -2.26. The molecule has 5 aromatic carbocycles. The van der Waals surface area contributed by atoms with Crippen molar-refractivity contribution in [1.29, 1.82) is 0 Å². The molecule has 1 aliphatic heterocycles. The SMILES string of the molecule is CCC(=C/c1oc2ccc(-c3ccccc3)cc2c1CCOc1ccccc1)/C=C1\Oc2ccc(Cl)cc2N1CCOc1ccccc1. The number of para-hydroxylation sites is 2. The predicted octanol–water partition coefficient (Wildman–Crippen LogP) is 11.0. The number of allylic oxidation sites excluding steroid dienone is 2. The van der Waals surface area contributed by atoms with Gasteiger partial charge >= 0.3 is 0 Å². The number of fused-ring (bicyclic) bond motifs is 2. The standard InChI is InChI=1S/C42H36ClNO4/c1-2-30(27-42-44(23-25-46-35-16-10-5-11-17-35)38-29-33(43)19-21-40(38)48-42)26-41-36(22-24-45-34-14-8-4-9-15-34)37-28-32(18-20-39(37)47-41)31-12-6-3-7-13-31/h3-21,26-29H,2,22-25H2,1H3/b30-26-,42-27-. The van der Waals surface area contributed by atoms with Gasteiger partial charge in [-0.05, 0) is 83.8 Å². The Kier molecular flexibility index (Phi) is 9.48. The lowest BCUT2D eigenvalue weighted by molar-refractivity contribution is 0.321. The molecule has 48 heavy (non-hydrogen) atoms. The number of rotatable bonds is 12. The summed E-state index contributed by atoms with van der Waals surface area (Å²) < 4.78 is 25.1. The highest BCUT2D eigenvalue weighted by atomic mass is 35.5. The first-order valence-corrected chi connectivity index (χ1v) is 16.7. The van der Waals surface area contributed by atoms with E-state index in [4.69, 9.17) is 30.2 Å². The summed E-state index contributed by atoms with van der Waals surface area (Å²) in [6.45, 7) is 3.71. The largest absolute Gasteiger partial charge is 0.493 e. The van der Waals surface area contributed by atoms with E-state index in [1.165, 1.54) is 0 Å². The maximum atomic E-state index is 6.55. The highest BCUT2D eigenvalue weighted by Crippen LogP contribution is 2.41. The van der Waals surface area contributed by atoms with Gasteiger partial charge in [-0.1, -0.05) is 91.3 Å². The van der Waals surface area contributed by atoms with Gasteiger partial charge in [-0.15, -0.1) is 0 Å². The van der Waals surface area contributed by atoms with E-state index in [0.29, 0.717) is 37.1 Å². The second-order valence-electron chi connectivity index (χ2n) is 11.5. The van der Waals surface area contributed by atoms with E-state index in [1.807, 2.05) is 84.9 Å². The monoisotopic (exact) mass is 653 g/mol. The van der Waals surface area contributed by atoms with E-state index in [9.17, 15) is 0 Å². The Balaban J connectivity index is 1.22. The molecule has 1 aromatic heterocycles. The third-order valence-corrected chi connectivity index (χ3v) is 8.58. The second-order valence-corrected chi connectivity index (χ2v) is 12.0. The van der Waals surface area contributed by atoms with Crippen molar-refractivity contribution < 1.29 is 18.6 Å². The molecule has 0 spiro atoms. The Morgan fingerprint density at radius 3 is 2.15 bits per heavy atom. The minimum atomic E-state index is 0.473. The van der Waals surface area contributed by atoms with Crippen LogP contribution in [0.1, 0.15) is 24.7 Å². The summed E-state index contributed by atoms with van der Waals surface area (Å²) in [5.41, 5.74) is 6.24. The number of anilines is 1. The number of nitrogens with zero attached hydrogens (tertiary/aromatic N) is 1. The van der Waals surface area contributed by atoms with Crippen molar-refractivity contribution in [2.75, 3.05) is 24.7 Å². The van der Waals surface area contributed by atoms with E-state index >= 15 is 0 Å². The Labute approximate surface area is 286 Å². The van der Waals surface area contributed by atoms with Crippen molar-refractivity contribution in [1.82, 2.24) is 0 Å². The lowest BCUT2D eigenvalue weighted by atomic mass is 10.00. The van der Waals surface area contributed by atoms with Crippen LogP contribution in [-0.2, 0) is 6.42 Å². The van der Waals surface area contributed by atoms with Crippen LogP contribution in [-0.4, -0.2) is 19.8 Å². The Hall–Kier alpha value is -5.39. The van der Waals surface area contributed by atoms with Crippen molar-refractivity contribution in [3.8, 4) is 28.4 Å². The molecule has 5 nitrogen and oxygen atoms in total. The van der Waals surface area contributed by atoms with Gasteiger partial charge in [0.15, 0.2) is 5.75 Å². The van der Waals surface area contributed by atoms with Crippen molar-refractivity contribution in [2.45, 2.75) is 19.8 Å². The van der Waals surface area contributed by atoms with E-state index < -0.39 is 0 Å². The molecule has 0 aliphatic carbocycles. The molecule has 0 N–H and O–H groups in total. The van der Waals surface area contributed by atoms with Crippen LogP contribution < -0.4 is 19.1 Å². The number of hydrogen-bond acceptors (Lipinski definition) is 5. The molecule has 6 heteroatoms. The van der Waals surface area contributed by atoms with Crippen LogP contribution in [0.4, 0.5) is 5.69 Å². The summed E-state index contributed by atoms with van der Waals surface area (Å²) in [6, 6.07) is 42.3. The number of ether oxygens (including phenoxy) is 3. The molecule has 7 rings (SSSR count). The number of hydrogen-bond donors (Lipinski definition) is 0. The van der Waals surface area contributed by atoms with Gasteiger partial charge < -0.3 is 23.5 Å². The fraction of sp³-hybridized carbons (Fsp3) is 0.143. The number of benzene rings is 5. The van der Waals surface area contributed by atoms with E-state index in [0.717, 1.165) is 68.3 Å². The fourth-order valence-corrected chi connectivity index (χ4v) is 6.06. The second kappa shape index (κ2) is 14.6. The normalized spacial score (nSPS) is 13.5. The van der Waals surface area contributed by atoms with Gasteiger partial charge in [-0.3, -0.25) is 0 Å². The summed E-state index contributed by atoms with van der Waals surface area (Å²) in [4.78, 5) is 2.12. The van der Waals surface area contributed by atoms with Crippen LogP contribution in [0.5, 0.6) is 17.2 Å². The molecule has 6 aromatic rings. The zero-order valence-electron chi connectivity index (χ0n) is 26.8. The molecule has 0 fully saturated rings. The minimum Gasteiger partial charge on any atom is -0.493 e. The van der Waals surface area contributed by atoms with Crippen LogP contribution in [0.25, 0.3) is 28.2 Å². The molecule has 2 heterocycles. The first-order chi connectivity index (χ1) is 23.6. The average Bonchev–Trinajstić information content (AvgIpc) is 3.65. The number of furan rings is 1. The lowest BCUT2D eigenvalue weighted by Gasteiger charge is -2.19. The minimum absolute atomic E-state index is 0.473. The summed E-state index contributed by atoms with van der Waals surface area (Å²) in [5, 5.41) is 1.74. The average molecular weight is 654 g/mol. The Morgan fingerprint density at radius 2 is 1.44 bits per heavy atom. The third kappa shape index (κ3) is 7.12. The van der Waals surface area contributed by atoms with Crippen LogP contribution in [0.2, 0.25) is 5.02 Å². The zero-order chi connectivity index (χ0) is 32.7. The molecule has 0 bridgehead atoms. The van der Waals surface area contributed by atoms with Gasteiger partial charge in [0.05, 0.1) is 18.8 Å². The third-order valence-electron chi connectivity index (χ3n) is 8.35. The maximum absolute atomic E-state index is 6.55. The van der Waals surface area contributed by atoms with Crippen LogP contribution in [0.15, 0.2) is 149 Å². The summed E-state index contributed by atoms with van der Waals surface area (Å²) >= 11 is 6.43. The summed E-state index contributed by atoms with van der Waals surface area (Å²) in [7, 11) is 0. The first kappa shape index (κ1) is 31.2. The molecular formula is C42H36ClNO4. The molecule has 0 unspecified atom stereocenters. The van der Waals surface area contributed by atoms with Crippen LogP contribution in [0, 0.1) is 0 Å². The van der Waals surface area contributed by atoms with E-state index in [-0.39, 0.29) is 0 Å². The van der Waals surface area contributed by atoms with Crippen molar-refractivity contribution >= 4 is 34.3 Å². The van der Waals surface area contributed by atoms with Gasteiger partial charge in [-0.2, -0.15) is 0 Å². The Morgan fingerprint density at radius 1 is 0.750 bits per heavy atom. The van der Waals surface area contributed by atoms with E-state index in [2.05, 4.69) is 66.4 Å². The van der Waals surface area contributed by atoms with Crippen LogP contribution in [0.3, 0.4) is 0 Å². The molecule has 0 atom stereocenters. The van der Waals surface area contributed by atoms with Gasteiger partial charge in [-0.25, -0.2) is 0 Å². The molecular weight excluding hydrogens is 618 g/mol. The quantitative estimate of drug-likeness (QED) is 0.131. The van der Waals surface area contributed by atoms with Gasteiger partial charge in [0.2, 0.25) is 5.88 Å². The maximum Gasteiger partial charge on any atom is 0.201 e.